The zero-order valence-electron chi connectivity index (χ0n) is 23.7. The number of nitrogen functional groups attached to an aromatic ring is 1. The smallest absolute Gasteiger partial charge is 0.383 e. The van der Waals surface area contributed by atoms with Crippen LogP contribution in [0.5, 0.6) is 0 Å². The summed E-state index contributed by atoms with van der Waals surface area (Å²) in [6, 6.07) is 7.90. The lowest BCUT2D eigenvalue weighted by Gasteiger charge is -2.12. The van der Waals surface area contributed by atoms with Crippen LogP contribution < -0.4 is 16.4 Å². The van der Waals surface area contributed by atoms with E-state index in [2.05, 4.69) is 33.7 Å². The predicted octanol–water partition coefficient (Wildman–Crippen LogP) is 5.16. The minimum atomic E-state index is -4.62. The molecule has 2 amide bonds. The normalized spacial score (nSPS) is 11.3. The lowest BCUT2D eigenvalue weighted by Crippen LogP contribution is -2.34. The summed E-state index contributed by atoms with van der Waals surface area (Å²) < 4.78 is 53.0. The molecule has 3 aromatic heterocycles. The van der Waals surface area contributed by atoms with Crippen LogP contribution in [-0.4, -0.2) is 64.6 Å². The van der Waals surface area contributed by atoms with E-state index >= 15 is 0 Å². The second kappa shape index (κ2) is 12.7. The van der Waals surface area contributed by atoms with E-state index in [1.165, 1.54) is 12.3 Å². The van der Waals surface area contributed by atoms with Gasteiger partial charge in [0.2, 0.25) is 0 Å². The number of fused-ring (bicyclic) bond motifs is 1. The highest BCUT2D eigenvalue weighted by Gasteiger charge is 2.29. The zero-order valence-corrected chi connectivity index (χ0v) is 24.5. The number of halogens is 5. The highest BCUT2D eigenvalue weighted by molar-refractivity contribution is 6.34. The van der Waals surface area contributed by atoms with Gasteiger partial charge in [-0.25, -0.2) is 14.4 Å². The number of carbonyl (C=O) groups is 2. The Morgan fingerprint density at radius 1 is 1.14 bits per heavy atom. The highest BCUT2D eigenvalue weighted by Crippen LogP contribution is 2.44. The lowest BCUT2D eigenvalue weighted by atomic mass is 9.98. The third kappa shape index (κ3) is 6.99. The molecule has 0 aliphatic heterocycles. The number of nitrogens with two attached hydrogens (primary N) is 1. The van der Waals surface area contributed by atoms with Gasteiger partial charge >= 0.3 is 6.18 Å². The minimum Gasteiger partial charge on any atom is -0.383 e. The highest BCUT2D eigenvalue weighted by atomic mass is 35.5. The first-order chi connectivity index (χ1) is 20.7. The number of nitrogens with one attached hydrogen (secondary N) is 2. The number of alkyl halides is 3. The number of hydrogen-bond donors (Lipinski definition) is 3. The number of anilines is 2. The number of aryl methyl sites for hydroxylation is 1. The van der Waals surface area contributed by atoms with Gasteiger partial charge < -0.3 is 20.9 Å². The molecule has 4 N–H and O–H groups in total. The van der Waals surface area contributed by atoms with Crippen molar-refractivity contribution in [2.45, 2.75) is 6.18 Å². The van der Waals surface area contributed by atoms with Crippen LogP contribution in [0.15, 0.2) is 55.1 Å². The van der Waals surface area contributed by atoms with Gasteiger partial charge in [0.15, 0.2) is 5.83 Å². The van der Waals surface area contributed by atoms with Crippen molar-refractivity contribution in [1.29, 1.82) is 0 Å². The molecule has 0 spiro atoms. The largest absolute Gasteiger partial charge is 0.405 e. The summed E-state index contributed by atoms with van der Waals surface area (Å²) in [5.41, 5.74) is 9.65. The average Bonchev–Trinajstić information content (AvgIpc) is 3.26. The van der Waals surface area contributed by atoms with Gasteiger partial charge in [0.25, 0.3) is 11.8 Å². The van der Waals surface area contributed by atoms with Crippen molar-refractivity contribution < 1.29 is 27.2 Å². The van der Waals surface area contributed by atoms with E-state index in [-0.39, 0.29) is 10.8 Å². The molecule has 0 saturated heterocycles. The molecule has 228 valence electrons. The van der Waals surface area contributed by atoms with Crippen LogP contribution in [0.4, 0.5) is 29.1 Å². The number of amides is 2. The van der Waals surface area contributed by atoms with E-state index in [1.54, 1.807) is 42.8 Å². The number of carbonyl (C=O) groups excluding carboxylic acids is 2. The van der Waals surface area contributed by atoms with Gasteiger partial charge in [0, 0.05) is 36.3 Å². The molecule has 14 heteroatoms. The quantitative estimate of drug-likeness (QED) is 0.148. The summed E-state index contributed by atoms with van der Waals surface area (Å²) in [5.74, 6) is 3.14. The second-order valence-electron chi connectivity index (χ2n) is 9.89. The summed E-state index contributed by atoms with van der Waals surface area (Å²) in [5, 5.41) is 4.46. The Labute approximate surface area is 254 Å². The number of pyridine rings is 2. The summed E-state index contributed by atoms with van der Waals surface area (Å²) in [6.45, 7) is 1.92. The van der Waals surface area contributed by atoms with Crippen LogP contribution in [0, 0.1) is 11.8 Å². The molecule has 0 atom stereocenters. The van der Waals surface area contributed by atoms with Crippen molar-refractivity contribution in [2.75, 3.05) is 38.2 Å². The van der Waals surface area contributed by atoms with Gasteiger partial charge in [-0.2, -0.15) is 13.2 Å². The third-order valence-corrected chi connectivity index (χ3v) is 6.60. The number of hydrogen-bond acceptors (Lipinski definition) is 6. The average molecular weight is 628 g/mol. The molecule has 1 aromatic carbocycles. The van der Waals surface area contributed by atoms with Gasteiger partial charge in [-0.05, 0) is 37.9 Å². The summed E-state index contributed by atoms with van der Waals surface area (Å²) in [6.07, 6.45) is -1.76. The van der Waals surface area contributed by atoms with Gasteiger partial charge in [-0.1, -0.05) is 42.2 Å². The fraction of sp³-hybridized carbons (Fsp3) is 0.200. The fourth-order valence-electron chi connectivity index (χ4n) is 4.43. The minimum absolute atomic E-state index is 0.156. The Kier molecular flexibility index (Phi) is 9.27. The SMILES string of the molecule is C=C(F)C(=O)Nc1ccc(-c2c(-c3cnc(C(=O)NCC(F)(F)F)c(Cl)c3)c3c(N)ncc(C#CCN(C)C)c3n2C)cc1. The van der Waals surface area contributed by atoms with Crippen molar-refractivity contribution in [2.24, 2.45) is 7.05 Å². The van der Waals surface area contributed by atoms with Crippen molar-refractivity contribution >= 4 is 45.8 Å². The molecule has 0 fully saturated rings. The zero-order chi connectivity index (χ0) is 32.3. The maximum Gasteiger partial charge on any atom is 0.405 e. The molecule has 0 radical (unpaired) electrons. The number of aromatic nitrogens is 3. The Hall–Kier alpha value is -4.93. The number of rotatable bonds is 7. The Balaban J connectivity index is 1.92. The number of nitrogens with zero attached hydrogens (tertiary/aromatic N) is 4. The van der Waals surface area contributed by atoms with Crippen LogP contribution in [0.3, 0.4) is 0 Å². The molecule has 0 saturated carbocycles. The molecule has 9 nitrogen and oxygen atoms in total. The van der Waals surface area contributed by atoms with Gasteiger partial charge in [0.05, 0.1) is 33.7 Å². The van der Waals surface area contributed by atoms with Crippen LogP contribution >= 0.6 is 11.6 Å². The van der Waals surface area contributed by atoms with Crippen LogP contribution in [-0.2, 0) is 11.8 Å². The maximum absolute atomic E-state index is 13.2. The van der Waals surface area contributed by atoms with E-state index in [0.717, 1.165) is 0 Å². The molecule has 0 aliphatic carbocycles. The molecule has 4 rings (SSSR count). The summed E-state index contributed by atoms with van der Waals surface area (Å²) >= 11 is 6.38. The van der Waals surface area contributed by atoms with E-state index in [1.807, 2.05) is 23.6 Å². The lowest BCUT2D eigenvalue weighted by molar-refractivity contribution is -0.123. The molecule has 4 aromatic rings. The second-order valence-corrected chi connectivity index (χ2v) is 10.3. The summed E-state index contributed by atoms with van der Waals surface area (Å²) in [7, 11) is 5.54. The van der Waals surface area contributed by atoms with E-state index in [4.69, 9.17) is 17.3 Å². The van der Waals surface area contributed by atoms with Gasteiger partial charge in [0.1, 0.15) is 18.1 Å². The topological polar surface area (TPSA) is 118 Å². The molecule has 44 heavy (non-hydrogen) atoms. The fourth-order valence-corrected chi connectivity index (χ4v) is 4.68. The first-order valence-corrected chi connectivity index (χ1v) is 13.2. The van der Waals surface area contributed by atoms with E-state index in [9.17, 15) is 27.2 Å². The molecular formula is C30H26ClF4N7O2. The first-order valence-electron chi connectivity index (χ1n) is 12.9. The van der Waals surface area contributed by atoms with Crippen LogP contribution in [0.25, 0.3) is 33.3 Å². The van der Waals surface area contributed by atoms with Crippen molar-refractivity contribution in [3.05, 3.63) is 71.4 Å². The van der Waals surface area contributed by atoms with E-state index in [0.29, 0.717) is 51.1 Å². The molecular weight excluding hydrogens is 602 g/mol. The summed E-state index contributed by atoms with van der Waals surface area (Å²) in [4.78, 5) is 34.5. The Morgan fingerprint density at radius 2 is 1.82 bits per heavy atom. The van der Waals surface area contributed by atoms with Crippen molar-refractivity contribution in [1.82, 2.24) is 24.8 Å². The molecule has 3 heterocycles. The van der Waals surface area contributed by atoms with Gasteiger partial charge in [-0.3, -0.25) is 14.5 Å². The monoisotopic (exact) mass is 627 g/mol. The third-order valence-electron chi connectivity index (χ3n) is 6.31. The Bertz CT molecular complexity index is 1840. The van der Waals surface area contributed by atoms with Gasteiger partial charge in [-0.15, -0.1) is 0 Å². The number of benzene rings is 1. The predicted molar refractivity (Wildman–Crippen MR) is 162 cm³/mol. The Morgan fingerprint density at radius 3 is 2.41 bits per heavy atom. The van der Waals surface area contributed by atoms with Crippen LogP contribution in [0.2, 0.25) is 5.02 Å². The molecule has 0 bridgehead atoms. The molecule has 0 unspecified atom stereocenters. The van der Waals surface area contributed by atoms with Crippen molar-refractivity contribution in [3.63, 3.8) is 0 Å². The van der Waals surface area contributed by atoms with E-state index < -0.39 is 36.1 Å². The molecule has 0 aliphatic rings. The maximum atomic E-state index is 13.2. The van der Waals surface area contributed by atoms with Crippen molar-refractivity contribution in [3.8, 4) is 34.2 Å². The first kappa shape index (κ1) is 32.0. The standard InChI is InChI=1S/C30H26ClF4N7O2/c1-16(32)28(43)40-20-9-7-17(8-10-20)25-22(19-12-21(31)24(37-14-19)29(44)39-15-30(33,34)35)23-26(42(25)4)18(13-38-27(23)36)6-5-11-41(2)3/h7-10,12-14H,1,11,15H2,2-4H3,(H2,36,38)(H,39,44)(H,40,43). The van der Waals surface area contributed by atoms with Crippen LogP contribution in [0.1, 0.15) is 16.1 Å².